The molecular formula is C17H19N5O2S. The predicted octanol–water partition coefficient (Wildman–Crippen LogP) is 2.04. The van der Waals surface area contributed by atoms with E-state index in [1.807, 2.05) is 12.1 Å². The maximum atomic E-state index is 12.3. The van der Waals surface area contributed by atoms with Gasteiger partial charge in [-0.25, -0.2) is 4.63 Å². The molecule has 3 aromatic rings. The first-order chi connectivity index (χ1) is 12.3. The van der Waals surface area contributed by atoms with Gasteiger partial charge in [-0.3, -0.25) is 14.6 Å². The molecule has 0 bridgehead atoms. The van der Waals surface area contributed by atoms with Crippen LogP contribution in [0.2, 0.25) is 0 Å². The summed E-state index contributed by atoms with van der Waals surface area (Å²) in [6.07, 6.45) is 0. The summed E-state index contributed by atoms with van der Waals surface area (Å²) in [5.74, 6) is -0.0396. The zero-order valence-electron chi connectivity index (χ0n) is 13.7. The van der Waals surface area contributed by atoms with Crippen molar-refractivity contribution < 1.29 is 9.42 Å². The van der Waals surface area contributed by atoms with Crippen LogP contribution in [0.4, 0.5) is 5.69 Å². The number of fused-ring (bicyclic) bond motifs is 1. The zero-order valence-corrected chi connectivity index (χ0v) is 14.5. The molecule has 1 N–H and O–H groups in total. The number of hydrogen-bond donors (Lipinski definition) is 1. The highest BCUT2D eigenvalue weighted by Gasteiger charge is 2.20. The van der Waals surface area contributed by atoms with E-state index in [1.54, 1.807) is 17.4 Å². The van der Waals surface area contributed by atoms with Crippen LogP contribution >= 0.6 is 11.3 Å². The third-order valence-corrected chi connectivity index (χ3v) is 5.21. The monoisotopic (exact) mass is 357 g/mol. The zero-order chi connectivity index (χ0) is 17.1. The molecule has 0 radical (unpaired) electrons. The largest absolute Gasteiger partial charge is 0.323 e. The van der Waals surface area contributed by atoms with E-state index in [4.69, 9.17) is 4.63 Å². The number of anilines is 1. The Kier molecular flexibility index (Phi) is 4.73. The molecule has 1 aromatic carbocycles. The van der Waals surface area contributed by atoms with Gasteiger partial charge in [0.1, 0.15) is 5.52 Å². The molecule has 1 amide bonds. The van der Waals surface area contributed by atoms with Gasteiger partial charge in [-0.05, 0) is 33.9 Å². The molecule has 0 unspecified atom stereocenters. The summed E-state index contributed by atoms with van der Waals surface area (Å²) in [7, 11) is 0. The van der Waals surface area contributed by atoms with Crippen LogP contribution in [0.3, 0.4) is 0 Å². The lowest BCUT2D eigenvalue weighted by Crippen LogP contribution is -2.48. The Balaban J connectivity index is 1.28. The van der Waals surface area contributed by atoms with Crippen molar-refractivity contribution in [2.45, 2.75) is 6.54 Å². The number of nitrogens with zero attached hydrogens (tertiary/aromatic N) is 4. The Morgan fingerprint density at radius 2 is 1.96 bits per heavy atom. The van der Waals surface area contributed by atoms with Gasteiger partial charge >= 0.3 is 0 Å². The number of rotatable bonds is 5. The normalized spacial score (nSPS) is 16.3. The highest BCUT2D eigenvalue weighted by atomic mass is 32.1. The molecule has 0 spiro atoms. The summed E-state index contributed by atoms with van der Waals surface area (Å²) < 4.78 is 4.73. The highest BCUT2D eigenvalue weighted by Crippen LogP contribution is 2.19. The fourth-order valence-electron chi connectivity index (χ4n) is 3.03. The number of carbonyl (C=O) groups is 1. The quantitative estimate of drug-likeness (QED) is 0.753. The molecule has 4 rings (SSSR count). The molecule has 0 aliphatic carbocycles. The molecule has 1 aliphatic rings. The third-order valence-electron chi connectivity index (χ3n) is 4.35. The Labute approximate surface area is 149 Å². The van der Waals surface area contributed by atoms with Crippen molar-refractivity contribution in [1.29, 1.82) is 0 Å². The molecule has 2 aromatic heterocycles. The Hall–Kier alpha value is -2.29. The van der Waals surface area contributed by atoms with Gasteiger partial charge in [-0.2, -0.15) is 0 Å². The van der Waals surface area contributed by atoms with Gasteiger partial charge in [0, 0.05) is 37.6 Å². The minimum absolute atomic E-state index is 0.0396. The maximum Gasteiger partial charge on any atom is 0.238 e. The maximum absolute atomic E-state index is 12.3. The van der Waals surface area contributed by atoms with E-state index in [0.717, 1.165) is 32.7 Å². The van der Waals surface area contributed by atoms with Crippen molar-refractivity contribution in [2.24, 2.45) is 0 Å². The summed E-state index contributed by atoms with van der Waals surface area (Å²) in [5.41, 5.74) is 1.86. The van der Waals surface area contributed by atoms with Crippen LogP contribution in [-0.2, 0) is 11.3 Å². The minimum atomic E-state index is -0.0396. The first-order valence-electron chi connectivity index (χ1n) is 8.26. The number of benzene rings is 1. The Bertz CT molecular complexity index is 840. The van der Waals surface area contributed by atoms with Crippen LogP contribution in [0, 0.1) is 0 Å². The molecule has 7 nitrogen and oxygen atoms in total. The van der Waals surface area contributed by atoms with Gasteiger partial charge in [0.2, 0.25) is 5.91 Å². The van der Waals surface area contributed by atoms with Gasteiger partial charge < -0.3 is 5.32 Å². The number of piperazine rings is 1. The van der Waals surface area contributed by atoms with Gasteiger partial charge in [0.05, 0.1) is 12.2 Å². The number of nitrogens with one attached hydrogen (secondary N) is 1. The lowest BCUT2D eigenvalue weighted by atomic mass is 10.2. The van der Waals surface area contributed by atoms with Crippen molar-refractivity contribution in [3.8, 4) is 0 Å². The summed E-state index contributed by atoms with van der Waals surface area (Å²) in [6, 6.07) is 9.69. The number of aromatic nitrogens is 2. The first kappa shape index (κ1) is 16.2. The highest BCUT2D eigenvalue weighted by molar-refractivity contribution is 7.09. The summed E-state index contributed by atoms with van der Waals surface area (Å²) in [4.78, 5) is 18.3. The van der Waals surface area contributed by atoms with Crippen molar-refractivity contribution >= 4 is 34.0 Å². The second kappa shape index (κ2) is 7.30. The standard InChI is InChI=1S/C17H19N5O2S/c23-16(18-14-4-1-5-15-17(14)20-24-19-15)12-22-8-6-21(7-9-22)11-13-3-2-10-25-13/h1-5,10H,6-9,11-12H2,(H,18,23). The van der Waals surface area contributed by atoms with Crippen molar-refractivity contribution in [3.05, 3.63) is 40.6 Å². The molecule has 1 fully saturated rings. The molecule has 130 valence electrons. The summed E-state index contributed by atoms with van der Waals surface area (Å²) >= 11 is 1.79. The van der Waals surface area contributed by atoms with Crippen molar-refractivity contribution in [3.63, 3.8) is 0 Å². The molecular weight excluding hydrogens is 338 g/mol. The SMILES string of the molecule is O=C(CN1CCN(Cc2cccs2)CC1)Nc1cccc2nonc12. The average Bonchev–Trinajstić information content (AvgIpc) is 3.28. The van der Waals surface area contributed by atoms with Crippen molar-refractivity contribution in [2.75, 3.05) is 38.0 Å². The predicted molar refractivity (Wildman–Crippen MR) is 96.5 cm³/mol. The summed E-state index contributed by atoms with van der Waals surface area (Å²) in [5, 5.41) is 12.7. The molecule has 25 heavy (non-hydrogen) atoms. The smallest absolute Gasteiger partial charge is 0.238 e. The van der Waals surface area contributed by atoms with E-state index >= 15 is 0 Å². The molecule has 8 heteroatoms. The molecule has 0 atom stereocenters. The molecule has 3 heterocycles. The number of hydrogen-bond acceptors (Lipinski definition) is 7. The molecule has 1 aliphatic heterocycles. The van der Waals surface area contributed by atoms with Crippen LogP contribution < -0.4 is 5.32 Å². The molecule has 1 saturated heterocycles. The van der Waals surface area contributed by atoms with Crippen molar-refractivity contribution in [1.82, 2.24) is 20.1 Å². The van der Waals surface area contributed by atoms with Gasteiger partial charge in [-0.15, -0.1) is 11.3 Å². The van der Waals surface area contributed by atoms with E-state index in [0.29, 0.717) is 23.3 Å². The van der Waals surface area contributed by atoms with Gasteiger partial charge in [0.25, 0.3) is 0 Å². The topological polar surface area (TPSA) is 74.5 Å². The number of amides is 1. The van der Waals surface area contributed by atoms with E-state index in [1.165, 1.54) is 4.88 Å². The van der Waals surface area contributed by atoms with E-state index in [9.17, 15) is 4.79 Å². The Morgan fingerprint density at radius 1 is 1.12 bits per heavy atom. The average molecular weight is 357 g/mol. The molecule has 0 saturated carbocycles. The minimum Gasteiger partial charge on any atom is -0.323 e. The fourth-order valence-corrected chi connectivity index (χ4v) is 3.77. The number of carbonyl (C=O) groups excluding carboxylic acids is 1. The second-order valence-corrected chi connectivity index (χ2v) is 7.15. The third kappa shape index (κ3) is 3.87. The lowest BCUT2D eigenvalue weighted by Gasteiger charge is -2.34. The van der Waals surface area contributed by atoms with Crippen LogP contribution in [0.1, 0.15) is 4.88 Å². The lowest BCUT2D eigenvalue weighted by molar-refractivity contribution is -0.117. The van der Waals surface area contributed by atoms with Gasteiger partial charge in [-0.1, -0.05) is 12.1 Å². The van der Waals surface area contributed by atoms with E-state index < -0.39 is 0 Å². The van der Waals surface area contributed by atoms with Crippen LogP contribution in [-0.4, -0.2) is 58.7 Å². The number of thiophene rings is 1. The first-order valence-corrected chi connectivity index (χ1v) is 9.14. The van der Waals surface area contributed by atoms with Crippen LogP contribution in [0.25, 0.3) is 11.0 Å². The van der Waals surface area contributed by atoms with Crippen LogP contribution in [0.15, 0.2) is 40.3 Å². The van der Waals surface area contributed by atoms with Gasteiger partial charge in [0.15, 0.2) is 5.52 Å². The van der Waals surface area contributed by atoms with E-state index in [-0.39, 0.29) is 5.91 Å². The fraction of sp³-hybridized carbons (Fsp3) is 0.353. The van der Waals surface area contributed by atoms with E-state index in [2.05, 4.69) is 42.9 Å². The Morgan fingerprint density at radius 3 is 2.76 bits per heavy atom. The second-order valence-electron chi connectivity index (χ2n) is 6.12. The summed E-state index contributed by atoms with van der Waals surface area (Å²) in [6.45, 7) is 5.14. The van der Waals surface area contributed by atoms with Crippen LogP contribution in [0.5, 0.6) is 0 Å².